The molecule has 3 heterocycles. The fourth-order valence-corrected chi connectivity index (χ4v) is 3.04. The lowest BCUT2D eigenvalue weighted by Crippen LogP contribution is -2.44. The molecule has 1 unspecified atom stereocenters. The number of pyridine rings is 1. The van der Waals surface area contributed by atoms with Crippen LogP contribution >= 0.6 is 0 Å². The zero-order valence-corrected chi connectivity index (χ0v) is 12.9. The minimum absolute atomic E-state index is 0.0114. The van der Waals surface area contributed by atoms with E-state index in [2.05, 4.69) is 9.97 Å². The molecule has 0 aromatic carbocycles. The molecule has 2 aromatic heterocycles. The molecule has 1 amide bonds. The monoisotopic (exact) mass is 309 g/mol. The van der Waals surface area contributed by atoms with Crippen LogP contribution in [0.1, 0.15) is 41.7 Å². The van der Waals surface area contributed by atoms with Gasteiger partial charge in [0, 0.05) is 37.7 Å². The molecule has 2 aromatic rings. The number of aromatic nitrogens is 3. The third kappa shape index (κ3) is 3.57. The minimum Gasteiger partial charge on any atom is -0.337 e. The Hall–Kier alpha value is -2.68. The summed E-state index contributed by atoms with van der Waals surface area (Å²) in [5.41, 5.74) is 0.885. The molecule has 0 radical (unpaired) electrons. The topological polar surface area (TPSA) is 74.8 Å². The first-order valence-corrected chi connectivity index (χ1v) is 7.91. The minimum atomic E-state index is 0.0114. The predicted octanol–water partition coefficient (Wildman–Crippen LogP) is 2.23. The summed E-state index contributed by atoms with van der Waals surface area (Å²) in [4.78, 5) is 22.8. The standard InChI is InChI=1S/C17H19N5O/c18-11-15-5-4-14(12-20-15)17(23)22-8-2-1-3-16(22)6-9-21-10-7-19-13-21/h4-5,7,10,12-13,16H,1-3,6,8-9H2. The van der Waals surface area contributed by atoms with E-state index in [9.17, 15) is 4.79 Å². The van der Waals surface area contributed by atoms with E-state index >= 15 is 0 Å². The summed E-state index contributed by atoms with van der Waals surface area (Å²) in [5, 5.41) is 8.80. The van der Waals surface area contributed by atoms with Crippen molar-refractivity contribution in [2.24, 2.45) is 0 Å². The molecule has 23 heavy (non-hydrogen) atoms. The van der Waals surface area contributed by atoms with Gasteiger partial charge < -0.3 is 9.47 Å². The second kappa shape index (κ2) is 7.05. The Morgan fingerprint density at radius 3 is 3.00 bits per heavy atom. The van der Waals surface area contributed by atoms with Gasteiger partial charge in [-0.15, -0.1) is 0 Å². The molecule has 1 aliphatic heterocycles. The Balaban J connectivity index is 1.69. The Morgan fingerprint density at radius 2 is 2.30 bits per heavy atom. The van der Waals surface area contributed by atoms with Gasteiger partial charge in [-0.05, 0) is 37.8 Å². The van der Waals surface area contributed by atoms with E-state index in [0.717, 1.165) is 38.8 Å². The molecule has 0 aliphatic carbocycles. The highest BCUT2D eigenvalue weighted by Gasteiger charge is 2.27. The number of carbonyl (C=O) groups excluding carboxylic acids is 1. The maximum atomic E-state index is 12.8. The molecule has 1 aliphatic rings. The number of aryl methyl sites for hydroxylation is 1. The molecule has 0 saturated carbocycles. The summed E-state index contributed by atoms with van der Waals surface area (Å²) >= 11 is 0. The van der Waals surface area contributed by atoms with E-state index in [4.69, 9.17) is 5.26 Å². The molecule has 6 heteroatoms. The van der Waals surface area contributed by atoms with Gasteiger partial charge in [-0.1, -0.05) is 0 Å². The van der Waals surface area contributed by atoms with E-state index in [1.807, 2.05) is 21.7 Å². The zero-order valence-electron chi connectivity index (χ0n) is 12.9. The van der Waals surface area contributed by atoms with E-state index in [1.165, 1.54) is 6.20 Å². The fourth-order valence-electron chi connectivity index (χ4n) is 3.04. The smallest absolute Gasteiger partial charge is 0.255 e. The van der Waals surface area contributed by atoms with Crippen molar-refractivity contribution in [3.63, 3.8) is 0 Å². The molecule has 1 saturated heterocycles. The normalized spacial score (nSPS) is 17.7. The summed E-state index contributed by atoms with van der Waals surface area (Å²) in [5.74, 6) is 0.0114. The first kappa shape index (κ1) is 15.2. The van der Waals surface area contributed by atoms with Crippen LogP contribution in [-0.4, -0.2) is 37.9 Å². The maximum absolute atomic E-state index is 12.8. The van der Waals surface area contributed by atoms with Crippen molar-refractivity contribution in [3.05, 3.63) is 48.3 Å². The average Bonchev–Trinajstić information content (AvgIpc) is 3.13. The number of rotatable bonds is 4. The van der Waals surface area contributed by atoms with E-state index in [-0.39, 0.29) is 11.9 Å². The van der Waals surface area contributed by atoms with Crippen LogP contribution in [0.25, 0.3) is 0 Å². The molecule has 1 atom stereocenters. The lowest BCUT2D eigenvalue weighted by atomic mass is 9.98. The van der Waals surface area contributed by atoms with Crippen molar-refractivity contribution < 1.29 is 4.79 Å². The van der Waals surface area contributed by atoms with Crippen LogP contribution in [0.15, 0.2) is 37.1 Å². The highest BCUT2D eigenvalue weighted by atomic mass is 16.2. The second-order valence-corrected chi connectivity index (χ2v) is 5.78. The van der Waals surface area contributed by atoms with E-state index < -0.39 is 0 Å². The number of carbonyl (C=O) groups is 1. The zero-order chi connectivity index (χ0) is 16.1. The predicted molar refractivity (Wildman–Crippen MR) is 84.5 cm³/mol. The first-order valence-electron chi connectivity index (χ1n) is 7.91. The number of hydrogen-bond acceptors (Lipinski definition) is 4. The number of hydrogen-bond donors (Lipinski definition) is 0. The van der Waals surface area contributed by atoms with Crippen LogP contribution in [0.4, 0.5) is 0 Å². The summed E-state index contributed by atoms with van der Waals surface area (Å²) in [7, 11) is 0. The van der Waals surface area contributed by atoms with Gasteiger partial charge >= 0.3 is 0 Å². The summed E-state index contributed by atoms with van der Waals surface area (Å²) in [6.45, 7) is 1.65. The lowest BCUT2D eigenvalue weighted by Gasteiger charge is -2.36. The van der Waals surface area contributed by atoms with Gasteiger partial charge in [0.2, 0.25) is 0 Å². The van der Waals surface area contributed by atoms with Crippen LogP contribution in [0, 0.1) is 11.3 Å². The number of nitrogens with zero attached hydrogens (tertiary/aromatic N) is 5. The van der Waals surface area contributed by atoms with E-state index in [1.54, 1.807) is 24.7 Å². The van der Waals surface area contributed by atoms with Crippen LogP contribution in [-0.2, 0) is 6.54 Å². The highest BCUT2D eigenvalue weighted by Crippen LogP contribution is 2.22. The van der Waals surface area contributed by atoms with Gasteiger partial charge in [0.25, 0.3) is 5.91 Å². The quantitative estimate of drug-likeness (QED) is 0.868. The molecule has 0 N–H and O–H groups in total. The molecule has 1 fully saturated rings. The second-order valence-electron chi connectivity index (χ2n) is 5.78. The van der Waals surface area contributed by atoms with Crippen LogP contribution in [0.3, 0.4) is 0 Å². The largest absolute Gasteiger partial charge is 0.337 e. The highest BCUT2D eigenvalue weighted by molar-refractivity contribution is 5.94. The van der Waals surface area contributed by atoms with Crippen molar-refractivity contribution in [1.82, 2.24) is 19.4 Å². The average molecular weight is 309 g/mol. The molecular weight excluding hydrogens is 290 g/mol. The van der Waals surface area contributed by atoms with Crippen molar-refractivity contribution in [1.29, 1.82) is 5.26 Å². The Morgan fingerprint density at radius 1 is 1.39 bits per heavy atom. The number of imidazole rings is 1. The SMILES string of the molecule is N#Cc1ccc(C(=O)N2CCCCC2CCn2ccnc2)cn1. The van der Waals surface area contributed by atoms with Crippen molar-refractivity contribution in [2.45, 2.75) is 38.3 Å². The van der Waals surface area contributed by atoms with Crippen LogP contribution in [0.5, 0.6) is 0 Å². The number of nitriles is 1. The summed E-state index contributed by atoms with van der Waals surface area (Å²) in [6, 6.07) is 5.50. The van der Waals surface area contributed by atoms with Gasteiger partial charge in [-0.25, -0.2) is 9.97 Å². The molecule has 0 bridgehead atoms. The third-order valence-electron chi connectivity index (χ3n) is 4.29. The van der Waals surface area contributed by atoms with Gasteiger partial charge in [0.15, 0.2) is 0 Å². The molecule has 6 nitrogen and oxygen atoms in total. The maximum Gasteiger partial charge on any atom is 0.255 e. The Kier molecular flexibility index (Phi) is 4.67. The number of amides is 1. The van der Waals surface area contributed by atoms with Crippen molar-refractivity contribution >= 4 is 5.91 Å². The van der Waals surface area contributed by atoms with Crippen molar-refractivity contribution in [2.75, 3.05) is 6.54 Å². The number of likely N-dealkylation sites (tertiary alicyclic amines) is 1. The first-order chi connectivity index (χ1) is 11.3. The molecule has 3 rings (SSSR count). The van der Waals surface area contributed by atoms with Gasteiger partial charge in [0.1, 0.15) is 11.8 Å². The van der Waals surface area contributed by atoms with Gasteiger partial charge in [0.05, 0.1) is 11.9 Å². The van der Waals surface area contributed by atoms with E-state index in [0.29, 0.717) is 11.3 Å². The third-order valence-corrected chi connectivity index (χ3v) is 4.29. The summed E-state index contributed by atoms with van der Waals surface area (Å²) < 4.78 is 2.04. The molecule has 0 spiro atoms. The molecule has 118 valence electrons. The molecular formula is C17H19N5O. The van der Waals surface area contributed by atoms with Crippen LogP contribution in [0.2, 0.25) is 0 Å². The van der Waals surface area contributed by atoms with Crippen LogP contribution < -0.4 is 0 Å². The van der Waals surface area contributed by atoms with Gasteiger partial charge in [-0.2, -0.15) is 5.26 Å². The summed E-state index contributed by atoms with van der Waals surface area (Å²) in [6.07, 6.45) is 11.2. The Labute approximate surface area is 135 Å². The van der Waals surface area contributed by atoms with Crippen molar-refractivity contribution in [3.8, 4) is 6.07 Å². The lowest BCUT2D eigenvalue weighted by molar-refractivity contribution is 0.0595. The number of piperidine rings is 1. The van der Waals surface area contributed by atoms with Gasteiger partial charge in [-0.3, -0.25) is 4.79 Å². The Bertz CT molecular complexity index is 687. The fraction of sp³-hybridized carbons (Fsp3) is 0.412.